The monoisotopic (exact) mass is 1320 g/mol. The van der Waals surface area contributed by atoms with Gasteiger partial charge in [-0.05, 0) is 114 Å². The number of esters is 2. The van der Waals surface area contributed by atoms with Gasteiger partial charge in [0, 0.05) is 69.3 Å². The van der Waals surface area contributed by atoms with E-state index in [0.29, 0.717) is 37.2 Å². The Morgan fingerprint density at radius 3 is 1.25 bits per heavy atom. The van der Waals surface area contributed by atoms with Gasteiger partial charge in [-0.25, -0.2) is 9.59 Å². The van der Waals surface area contributed by atoms with Gasteiger partial charge < -0.3 is 62.7 Å². The summed E-state index contributed by atoms with van der Waals surface area (Å²) in [7, 11) is 3.30. The summed E-state index contributed by atoms with van der Waals surface area (Å²) in [6.07, 6.45) is -2.44. The Morgan fingerprint density at radius 1 is 0.526 bits per heavy atom. The Kier molecular flexibility index (Phi) is 19.1. The number of carbonyl (C=O) groups excluding carboxylic acids is 2. The fourth-order valence-corrected chi connectivity index (χ4v) is 20.9. The average molecular weight is 1320 g/mol. The molecule has 3 N–H and O–H groups in total. The molecule has 4 heterocycles. The van der Waals surface area contributed by atoms with E-state index in [9.17, 15) is 24.9 Å². The van der Waals surface area contributed by atoms with E-state index >= 15 is 0 Å². The third-order valence-electron chi connectivity index (χ3n) is 25.7. The third kappa shape index (κ3) is 11.1. The number of fused-ring (bicyclic) bond motifs is 6. The summed E-state index contributed by atoms with van der Waals surface area (Å²) in [5, 5.41) is 36.4. The second-order valence-corrected chi connectivity index (χ2v) is 31.5. The summed E-state index contributed by atoms with van der Waals surface area (Å²) >= 11 is 0. The fourth-order valence-electron chi connectivity index (χ4n) is 20.9. The summed E-state index contributed by atoms with van der Waals surface area (Å²) in [6.45, 7) is 28.2. The second-order valence-electron chi connectivity index (χ2n) is 31.5. The molecule has 4 saturated heterocycles. The molecule has 8 fully saturated rings. The Bertz CT molecular complexity index is 3470. The van der Waals surface area contributed by atoms with Crippen molar-refractivity contribution in [2.75, 3.05) is 27.4 Å². The number of aliphatic hydroxyl groups is 3. The first-order chi connectivity index (χ1) is 45.5. The third-order valence-corrected chi connectivity index (χ3v) is 25.7. The minimum atomic E-state index is -1.36. The molecule has 22 atom stereocenters. The molecule has 5 aromatic rings. The summed E-state index contributed by atoms with van der Waals surface area (Å²) in [5.74, 6) is 0.0874. The number of rotatable bonds is 10. The molecule has 0 radical (unpaired) electrons. The van der Waals surface area contributed by atoms with Crippen LogP contribution >= 0.6 is 0 Å². The maximum Gasteiger partial charge on any atom is 1.00 e. The van der Waals surface area contributed by atoms with E-state index < -0.39 is 69.7 Å². The molecule has 0 aromatic heterocycles. The number of aliphatic hydroxyl groups excluding tert-OH is 1. The number of hydrogen-bond acceptors (Lipinski definition) is 15. The van der Waals surface area contributed by atoms with Gasteiger partial charge in [-0.2, -0.15) is 36.4 Å². The van der Waals surface area contributed by atoms with Gasteiger partial charge in [0.2, 0.25) is 0 Å². The first kappa shape index (κ1) is 71.2. The van der Waals surface area contributed by atoms with Gasteiger partial charge >= 0.3 is 30.8 Å². The van der Waals surface area contributed by atoms with Crippen molar-refractivity contribution in [3.8, 4) is 11.5 Å². The number of allylic oxidation sites excluding steroid dienone is 1. The maximum absolute atomic E-state index is 14.1. The van der Waals surface area contributed by atoms with Crippen molar-refractivity contribution in [1.82, 2.24) is 0 Å². The molecular formula is C81H99LiO15. The standard InChI is InChI=1S/C38H48O7.C37H46O8.C6H5.Li/c1-21-19-38(35(4,5)40)29(22(21)2)23(3)31-37(7)28(43-34(45-31)25-14-16-26(41-8)17-15-25)18-27-36(6,20-42-27)30(37)32(38)44-33(39)24-12-10-9-11-13-24;1-20-25(38)18-37(34(3,4)40)28(20)21(2)30-36(6)27(43-33(45-30)23-13-15-24(41-7)16-14-23)17-26-35(5,19-42-26)29(36)31(37)44-32(39)22-11-9-8-10-12-22;1-2-4-6-5-3-1;/h9-17,21,23,27-28,30-32,34,40H,18-20H2,1-8H3;8-16,21,25-27,29-31,33,38,40H,17-19H2,1-7H3;1-5H;/q;;-1;+1/t21-,23+,27+,28-,30+,31-,32-,34?,36+,37+,38-;21-,25+,26-,27+,29-,30+,31+,33?,35-,36-,37+;;/m01../s1. The zero-order valence-electron chi connectivity index (χ0n) is 59.5. The van der Waals surface area contributed by atoms with Crippen molar-refractivity contribution in [3.05, 3.63) is 190 Å². The molecule has 6 aliphatic carbocycles. The first-order valence-electron chi connectivity index (χ1n) is 34.7. The van der Waals surface area contributed by atoms with E-state index in [1.54, 1.807) is 52.3 Å². The van der Waals surface area contributed by atoms with Gasteiger partial charge in [-0.3, -0.25) is 0 Å². The predicted molar refractivity (Wildman–Crippen MR) is 361 cm³/mol. The smallest absolute Gasteiger partial charge is 0.497 e. The van der Waals surface area contributed by atoms with E-state index in [1.807, 2.05) is 136 Å². The van der Waals surface area contributed by atoms with Crippen molar-refractivity contribution in [3.63, 3.8) is 0 Å². The van der Waals surface area contributed by atoms with Gasteiger partial charge in [-0.1, -0.05) is 126 Å². The topological polar surface area (TPSA) is 187 Å². The van der Waals surface area contributed by atoms with Gasteiger partial charge in [0.05, 0.1) is 103 Å². The zero-order valence-corrected chi connectivity index (χ0v) is 59.5. The van der Waals surface area contributed by atoms with Crippen molar-refractivity contribution < 1.29 is 91.1 Å². The number of benzene rings is 5. The first-order valence-corrected chi connectivity index (χ1v) is 34.7. The molecule has 2 unspecified atom stereocenters. The Hall–Kier alpha value is -5.64. The Morgan fingerprint density at radius 2 is 0.907 bits per heavy atom. The van der Waals surface area contributed by atoms with Gasteiger partial charge in [0.25, 0.3) is 0 Å². The van der Waals surface area contributed by atoms with Crippen molar-refractivity contribution in [2.45, 2.75) is 194 Å². The van der Waals surface area contributed by atoms with E-state index in [1.165, 1.54) is 11.1 Å². The van der Waals surface area contributed by atoms with Crippen molar-refractivity contribution in [1.29, 1.82) is 0 Å². The molecule has 0 amide bonds. The molecular weight excluding hydrogens is 1220 g/mol. The van der Waals surface area contributed by atoms with Crippen LogP contribution in [0.2, 0.25) is 0 Å². The van der Waals surface area contributed by atoms with Crippen molar-refractivity contribution >= 4 is 11.9 Å². The minimum absolute atomic E-state index is 0. The van der Waals surface area contributed by atoms with Crippen LogP contribution in [0.1, 0.15) is 160 Å². The average Bonchev–Trinajstić information content (AvgIpc) is 1.58. The van der Waals surface area contributed by atoms with E-state index in [0.717, 1.165) is 40.2 Å². The summed E-state index contributed by atoms with van der Waals surface area (Å²) < 4.78 is 65.2. The summed E-state index contributed by atoms with van der Waals surface area (Å²) in [5.41, 5.74) is 0.565. The largest absolute Gasteiger partial charge is 1.00 e. The van der Waals surface area contributed by atoms with E-state index in [4.69, 9.17) is 47.4 Å². The molecule has 16 heteroatoms. The molecule has 5 aromatic carbocycles. The van der Waals surface area contributed by atoms with E-state index in [2.05, 4.69) is 61.5 Å². The van der Waals surface area contributed by atoms with Crippen LogP contribution in [0.3, 0.4) is 0 Å². The number of carbonyl (C=O) groups is 2. The van der Waals surface area contributed by atoms with Gasteiger partial charge in [0.1, 0.15) is 23.7 Å². The molecule has 4 saturated carbocycles. The zero-order chi connectivity index (χ0) is 68.5. The molecule has 4 aliphatic heterocycles. The van der Waals surface area contributed by atoms with Crippen molar-refractivity contribution in [2.24, 2.45) is 62.1 Å². The van der Waals surface area contributed by atoms with Gasteiger partial charge in [-0.15, -0.1) is 0 Å². The van der Waals surface area contributed by atoms with E-state index in [-0.39, 0.29) is 108 Å². The van der Waals surface area contributed by atoms with Gasteiger partial charge in [0.15, 0.2) is 12.6 Å². The van der Waals surface area contributed by atoms with Crippen LogP contribution in [0, 0.1) is 68.1 Å². The maximum atomic E-state index is 14.1. The van der Waals surface area contributed by atoms with Crippen LogP contribution in [0.4, 0.5) is 0 Å². The van der Waals surface area contributed by atoms with Crippen LogP contribution in [0.25, 0.3) is 0 Å². The molecule has 15 nitrogen and oxygen atoms in total. The normalized spacial score (nSPS) is 39.5. The second kappa shape index (κ2) is 26.1. The molecule has 514 valence electrons. The van der Waals surface area contributed by atoms with Crippen LogP contribution in [-0.4, -0.2) is 121 Å². The number of ether oxygens (including phenoxy) is 10. The minimum Gasteiger partial charge on any atom is -0.497 e. The summed E-state index contributed by atoms with van der Waals surface area (Å²) in [4.78, 5) is 28.2. The SMILES string of the molecule is COc1ccc(C2O[C@H]3C[C@H]4OC[C@@]4(C)[C@H]4[C@H](OC(=O)c5ccccc5)[C@]5(C(C)(C)O)C[C@H](C)C(C)=C5[C@@H](C)[C@H](O2)[C@]34C)cc1.COc1ccc(C2O[C@H]3C[C@H]4OC[C@@]4(C)[C@H]4[C@H](OC(=O)c5ccccc5)[C@]5(C(C)(C)O)C[C@H](O)C(C)=C5[C@@H](C)[C@H](O2)[C@]34C)cc1.[Li+].[c-]1ccccc1. The van der Waals surface area contributed by atoms with Crippen LogP contribution in [0.5, 0.6) is 11.5 Å². The molecule has 97 heavy (non-hydrogen) atoms. The quantitative estimate of drug-likeness (QED) is 0.0518. The Balaban J connectivity index is 0.000000168. The molecule has 10 aliphatic rings. The van der Waals surface area contributed by atoms with Crippen LogP contribution in [-0.2, 0) is 37.9 Å². The molecule has 15 rings (SSSR count). The number of methoxy groups -OCH3 is 2. The van der Waals surface area contributed by atoms with Crippen LogP contribution in [0.15, 0.2) is 162 Å². The molecule has 0 spiro atoms. The predicted octanol–water partition coefficient (Wildman–Crippen LogP) is 11.0. The number of hydrogen-bond donors (Lipinski definition) is 3. The van der Waals surface area contributed by atoms with Crippen LogP contribution < -0.4 is 28.3 Å². The molecule has 0 bridgehead atoms. The fraction of sp³-hybridized carbons (Fsp3) is 0.556. The summed E-state index contributed by atoms with van der Waals surface area (Å²) in [6, 6.07) is 46.3. The Labute approximate surface area is 585 Å².